The highest BCUT2D eigenvalue weighted by atomic mass is 16.2. The summed E-state index contributed by atoms with van der Waals surface area (Å²) in [6.07, 6.45) is 8.82. The summed E-state index contributed by atoms with van der Waals surface area (Å²) in [6, 6.07) is 20.4. The molecule has 1 saturated carbocycles. The Bertz CT molecular complexity index is 1070. The van der Waals surface area contributed by atoms with Crippen LogP contribution in [0.25, 0.3) is 0 Å². The van der Waals surface area contributed by atoms with Gasteiger partial charge in [-0.05, 0) is 55.7 Å². The predicted octanol–water partition coefficient (Wildman–Crippen LogP) is 4.66. The van der Waals surface area contributed by atoms with Crippen molar-refractivity contribution in [2.75, 3.05) is 26.2 Å². The molecule has 2 amide bonds. The van der Waals surface area contributed by atoms with E-state index in [4.69, 9.17) is 5.73 Å². The monoisotopic (exact) mass is 530 g/mol. The molecule has 210 valence electrons. The van der Waals surface area contributed by atoms with E-state index in [0.29, 0.717) is 24.3 Å². The van der Waals surface area contributed by atoms with Gasteiger partial charge in [-0.2, -0.15) is 0 Å². The quantitative estimate of drug-likeness (QED) is 0.494. The van der Waals surface area contributed by atoms with E-state index >= 15 is 0 Å². The van der Waals surface area contributed by atoms with Gasteiger partial charge in [0.1, 0.15) is 6.04 Å². The van der Waals surface area contributed by atoms with Crippen LogP contribution in [0.15, 0.2) is 60.7 Å². The van der Waals surface area contributed by atoms with Gasteiger partial charge in [-0.15, -0.1) is 0 Å². The summed E-state index contributed by atoms with van der Waals surface area (Å²) in [6.45, 7) is 5.37. The lowest BCUT2D eigenvalue weighted by Crippen LogP contribution is -2.54. The van der Waals surface area contributed by atoms with E-state index < -0.39 is 12.1 Å². The predicted molar refractivity (Wildman–Crippen MR) is 156 cm³/mol. The van der Waals surface area contributed by atoms with Crippen LogP contribution in [-0.2, 0) is 9.59 Å². The van der Waals surface area contributed by atoms with Gasteiger partial charge in [0.25, 0.3) is 0 Å². The van der Waals surface area contributed by atoms with Gasteiger partial charge in [0.05, 0.1) is 6.04 Å². The third kappa shape index (κ3) is 7.09. The number of benzene rings is 2. The van der Waals surface area contributed by atoms with Gasteiger partial charge < -0.3 is 20.9 Å². The minimum Gasteiger partial charge on any atom is -0.343 e. The third-order valence-electron chi connectivity index (χ3n) is 9.30. The molecule has 2 heterocycles. The second-order valence-electron chi connectivity index (χ2n) is 12.2. The minimum absolute atomic E-state index is 0.0804. The van der Waals surface area contributed by atoms with Crippen LogP contribution in [0.3, 0.4) is 0 Å². The van der Waals surface area contributed by atoms with Gasteiger partial charge in [-0.3, -0.25) is 9.59 Å². The number of rotatable bonds is 9. The normalized spacial score (nSPS) is 25.9. The standard InChI is InChI=1S/C33H46N4O2/c1-24(34)32(38)35-31(19-25-11-5-2-6-12-25)33(39)37-22-29(27-15-9-4-10-16-27)20-30(37)23-36-18-17-28(21-36)26-13-7-3-8-14-26/h3-4,7-10,13-16,24-25,28-31H,2,5-6,11-12,17-23,34H2,1H3,(H,35,38)/t24?,28-,29+,30+,31+/m1/s1. The largest absolute Gasteiger partial charge is 0.343 e. The smallest absolute Gasteiger partial charge is 0.245 e. The van der Waals surface area contributed by atoms with E-state index in [1.165, 1.54) is 30.4 Å². The fraction of sp³-hybridized carbons (Fsp3) is 0.576. The third-order valence-corrected chi connectivity index (χ3v) is 9.30. The first-order valence-corrected chi connectivity index (χ1v) is 15.2. The lowest BCUT2D eigenvalue weighted by molar-refractivity contribution is -0.138. The molecule has 0 radical (unpaired) electrons. The van der Waals surface area contributed by atoms with Crippen LogP contribution < -0.4 is 11.1 Å². The number of likely N-dealkylation sites (tertiary alicyclic amines) is 2. The van der Waals surface area contributed by atoms with Crippen molar-refractivity contribution in [3.05, 3.63) is 71.8 Å². The van der Waals surface area contributed by atoms with Crippen LogP contribution in [0.4, 0.5) is 0 Å². The van der Waals surface area contributed by atoms with E-state index in [2.05, 4.69) is 75.8 Å². The highest BCUT2D eigenvalue weighted by molar-refractivity contribution is 5.90. The maximum atomic E-state index is 14.3. The van der Waals surface area contributed by atoms with Gasteiger partial charge in [-0.25, -0.2) is 0 Å². The number of hydrogen-bond acceptors (Lipinski definition) is 4. The Morgan fingerprint density at radius 1 is 0.897 bits per heavy atom. The molecule has 0 bridgehead atoms. The highest BCUT2D eigenvalue weighted by Gasteiger charge is 2.41. The van der Waals surface area contributed by atoms with Crippen molar-refractivity contribution in [1.29, 1.82) is 0 Å². The second-order valence-corrected chi connectivity index (χ2v) is 12.2. The fourth-order valence-electron chi connectivity index (χ4n) is 7.10. The van der Waals surface area contributed by atoms with Crippen LogP contribution in [0.1, 0.15) is 81.3 Å². The summed E-state index contributed by atoms with van der Waals surface area (Å²) < 4.78 is 0. The lowest BCUT2D eigenvalue weighted by Gasteiger charge is -2.34. The fourth-order valence-corrected chi connectivity index (χ4v) is 7.10. The molecular formula is C33H46N4O2. The molecule has 2 aromatic carbocycles. The number of carbonyl (C=O) groups excluding carboxylic acids is 2. The Balaban J connectivity index is 1.33. The van der Waals surface area contributed by atoms with Crippen molar-refractivity contribution >= 4 is 11.8 Å². The van der Waals surface area contributed by atoms with Crippen molar-refractivity contribution < 1.29 is 9.59 Å². The van der Waals surface area contributed by atoms with Crippen molar-refractivity contribution in [3.8, 4) is 0 Å². The Morgan fingerprint density at radius 2 is 1.54 bits per heavy atom. The number of nitrogens with zero attached hydrogens (tertiary/aromatic N) is 2. The minimum atomic E-state index is -0.627. The van der Waals surface area contributed by atoms with Crippen LogP contribution in [-0.4, -0.2) is 65.9 Å². The van der Waals surface area contributed by atoms with Gasteiger partial charge in [0.15, 0.2) is 0 Å². The Morgan fingerprint density at radius 3 is 2.18 bits per heavy atom. The second kappa shape index (κ2) is 13.1. The topological polar surface area (TPSA) is 78.7 Å². The van der Waals surface area contributed by atoms with Crippen LogP contribution in [0.5, 0.6) is 0 Å². The molecule has 6 nitrogen and oxygen atoms in total. The number of hydrogen-bond donors (Lipinski definition) is 2. The van der Waals surface area contributed by atoms with Crippen molar-refractivity contribution in [2.45, 2.75) is 88.3 Å². The summed E-state index contributed by atoms with van der Waals surface area (Å²) in [5.41, 5.74) is 8.63. The summed E-state index contributed by atoms with van der Waals surface area (Å²) in [4.78, 5) is 31.7. The van der Waals surface area contributed by atoms with Gasteiger partial charge in [-0.1, -0.05) is 92.8 Å². The molecule has 2 aromatic rings. The molecule has 3 aliphatic rings. The van der Waals surface area contributed by atoms with Gasteiger partial charge in [0, 0.05) is 31.6 Å². The summed E-state index contributed by atoms with van der Waals surface area (Å²) in [5.74, 6) is 1.19. The zero-order valence-corrected chi connectivity index (χ0v) is 23.5. The lowest BCUT2D eigenvalue weighted by atomic mass is 9.84. The van der Waals surface area contributed by atoms with Crippen LogP contribution >= 0.6 is 0 Å². The van der Waals surface area contributed by atoms with E-state index in [1.54, 1.807) is 6.92 Å². The molecule has 0 spiro atoms. The van der Waals surface area contributed by atoms with E-state index in [0.717, 1.165) is 51.7 Å². The SMILES string of the molecule is CC(N)C(=O)N[C@@H](CC1CCCCC1)C(=O)N1C[C@@H](c2ccccc2)C[C@H]1CN1CC[C@@H](c2ccccc2)C1. The molecule has 6 heteroatoms. The van der Waals surface area contributed by atoms with E-state index in [-0.39, 0.29) is 17.9 Å². The Hall–Kier alpha value is -2.70. The van der Waals surface area contributed by atoms with Crippen LogP contribution in [0.2, 0.25) is 0 Å². The molecule has 5 rings (SSSR count). The maximum absolute atomic E-state index is 14.3. The number of carbonyl (C=O) groups is 2. The number of amides is 2. The number of nitrogens with one attached hydrogen (secondary N) is 1. The Labute approximate surface area is 234 Å². The first kappa shape index (κ1) is 27.9. The molecule has 3 N–H and O–H groups in total. The summed E-state index contributed by atoms with van der Waals surface area (Å²) in [5, 5.41) is 3.07. The van der Waals surface area contributed by atoms with E-state index in [9.17, 15) is 9.59 Å². The molecule has 1 aliphatic carbocycles. The first-order chi connectivity index (χ1) is 19.0. The summed E-state index contributed by atoms with van der Waals surface area (Å²) >= 11 is 0. The molecule has 0 aromatic heterocycles. The highest BCUT2D eigenvalue weighted by Crippen LogP contribution is 2.36. The zero-order valence-electron chi connectivity index (χ0n) is 23.5. The first-order valence-electron chi connectivity index (χ1n) is 15.2. The van der Waals surface area contributed by atoms with Crippen molar-refractivity contribution in [2.24, 2.45) is 11.7 Å². The molecule has 2 saturated heterocycles. The Kier molecular flexibility index (Phi) is 9.36. The average Bonchev–Trinajstić information content (AvgIpc) is 3.61. The van der Waals surface area contributed by atoms with Crippen molar-refractivity contribution in [1.82, 2.24) is 15.1 Å². The average molecular weight is 531 g/mol. The van der Waals surface area contributed by atoms with Gasteiger partial charge >= 0.3 is 0 Å². The van der Waals surface area contributed by atoms with Gasteiger partial charge in [0.2, 0.25) is 11.8 Å². The molecule has 5 atom stereocenters. The molecule has 3 fully saturated rings. The zero-order chi connectivity index (χ0) is 27.2. The molecule has 39 heavy (non-hydrogen) atoms. The summed E-state index contributed by atoms with van der Waals surface area (Å²) in [7, 11) is 0. The molecule has 2 aliphatic heterocycles. The van der Waals surface area contributed by atoms with Crippen molar-refractivity contribution in [3.63, 3.8) is 0 Å². The van der Waals surface area contributed by atoms with E-state index in [1.807, 2.05) is 0 Å². The van der Waals surface area contributed by atoms with Crippen LogP contribution in [0, 0.1) is 5.92 Å². The maximum Gasteiger partial charge on any atom is 0.245 e. The number of nitrogens with two attached hydrogens (primary N) is 1. The molecule has 1 unspecified atom stereocenters. The molecular weight excluding hydrogens is 484 g/mol.